The summed E-state index contributed by atoms with van der Waals surface area (Å²) in [4.78, 5) is 28.3. The Morgan fingerprint density at radius 1 is 1.47 bits per heavy atom. The van der Waals surface area contributed by atoms with Gasteiger partial charge in [-0.25, -0.2) is 9.59 Å². The Hall–Kier alpha value is -2.11. The van der Waals surface area contributed by atoms with Crippen LogP contribution in [-0.2, 0) is 11.3 Å². The lowest BCUT2D eigenvalue weighted by Gasteiger charge is -2.23. The number of carbonyl (C=O) groups excluding carboxylic acids is 1. The van der Waals surface area contributed by atoms with Gasteiger partial charge in [-0.05, 0) is 17.5 Å². The molecule has 1 rings (SSSR count). The molecule has 1 unspecified atom stereocenters. The lowest BCUT2D eigenvalue weighted by Crippen LogP contribution is -2.48. The first-order valence-corrected chi connectivity index (χ1v) is 6.05. The number of rotatable bonds is 5. The van der Waals surface area contributed by atoms with Gasteiger partial charge in [0.15, 0.2) is 0 Å². The van der Waals surface area contributed by atoms with E-state index in [9.17, 15) is 9.59 Å². The highest BCUT2D eigenvalue weighted by atomic mass is 16.4. The highest BCUT2D eigenvalue weighted by Crippen LogP contribution is 2.05. The van der Waals surface area contributed by atoms with Crippen LogP contribution in [0.15, 0.2) is 24.5 Å². The third-order valence-electron chi connectivity index (χ3n) is 2.70. The number of hydrogen-bond acceptors (Lipinski definition) is 3. The molecule has 0 aliphatic rings. The molecule has 1 aromatic rings. The van der Waals surface area contributed by atoms with Crippen molar-refractivity contribution in [2.45, 2.75) is 26.4 Å². The normalized spacial score (nSPS) is 12.0. The van der Waals surface area contributed by atoms with E-state index in [-0.39, 0.29) is 5.92 Å². The molecular formula is C13H19N3O3. The third-order valence-corrected chi connectivity index (χ3v) is 2.70. The molecule has 2 amide bonds. The number of nitrogens with zero attached hydrogens (tertiary/aromatic N) is 2. The predicted octanol–water partition coefficient (Wildman–Crippen LogP) is 1.33. The number of carboxylic acid groups (broad SMARTS) is 1. The first-order valence-electron chi connectivity index (χ1n) is 6.05. The fourth-order valence-corrected chi connectivity index (χ4v) is 1.59. The first-order chi connectivity index (χ1) is 8.91. The van der Waals surface area contributed by atoms with Crippen LogP contribution in [0.1, 0.15) is 19.4 Å². The van der Waals surface area contributed by atoms with E-state index >= 15 is 0 Å². The Morgan fingerprint density at radius 2 is 2.16 bits per heavy atom. The standard InChI is InChI=1S/C13H19N3O3/c1-9(2)11(12(17)18)15-13(19)16(3)8-10-5-4-6-14-7-10/h4-7,9,11H,8H2,1-3H3,(H,15,19)(H,17,18). The number of amides is 2. The van der Waals surface area contributed by atoms with Gasteiger partial charge in [-0.1, -0.05) is 19.9 Å². The van der Waals surface area contributed by atoms with Crippen LogP contribution in [0.5, 0.6) is 0 Å². The van der Waals surface area contributed by atoms with Crippen LogP contribution in [0.4, 0.5) is 4.79 Å². The molecule has 0 saturated heterocycles. The smallest absolute Gasteiger partial charge is 0.326 e. The number of nitrogens with one attached hydrogen (secondary N) is 1. The van der Waals surface area contributed by atoms with Gasteiger partial charge in [0.1, 0.15) is 6.04 Å². The van der Waals surface area contributed by atoms with Gasteiger partial charge in [0, 0.05) is 26.0 Å². The van der Waals surface area contributed by atoms with E-state index < -0.39 is 18.0 Å². The van der Waals surface area contributed by atoms with Crippen LogP contribution < -0.4 is 5.32 Å². The van der Waals surface area contributed by atoms with Crippen molar-refractivity contribution in [2.75, 3.05) is 7.05 Å². The van der Waals surface area contributed by atoms with Gasteiger partial charge in [-0.2, -0.15) is 0 Å². The van der Waals surface area contributed by atoms with Crippen molar-refractivity contribution in [3.63, 3.8) is 0 Å². The summed E-state index contributed by atoms with van der Waals surface area (Å²) in [5.74, 6) is -1.20. The molecule has 0 fully saturated rings. The van der Waals surface area contributed by atoms with E-state index in [1.165, 1.54) is 4.90 Å². The van der Waals surface area contributed by atoms with Gasteiger partial charge in [0.05, 0.1) is 0 Å². The average molecular weight is 265 g/mol. The summed E-state index contributed by atoms with van der Waals surface area (Å²) < 4.78 is 0. The Morgan fingerprint density at radius 3 is 2.63 bits per heavy atom. The van der Waals surface area contributed by atoms with Crippen molar-refractivity contribution in [3.05, 3.63) is 30.1 Å². The largest absolute Gasteiger partial charge is 0.480 e. The van der Waals surface area contributed by atoms with E-state index in [1.54, 1.807) is 39.4 Å². The zero-order valence-electron chi connectivity index (χ0n) is 11.3. The van der Waals surface area contributed by atoms with Gasteiger partial charge in [0.25, 0.3) is 0 Å². The maximum absolute atomic E-state index is 11.9. The molecule has 0 aliphatic carbocycles. The summed E-state index contributed by atoms with van der Waals surface area (Å²) in [5.41, 5.74) is 0.886. The van der Waals surface area contributed by atoms with Crippen LogP contribution in [0, 0.1) is 5.92 Å². The Kier molecular flexibility index (Phi) is 5.29. The number of aromatic nitrogens is 1. The molecule has 1 heterocycles. The van der Waals surface area contributed by atoms with Gasteiger partial charge >= 0.3 is 12.0 Å². The van der Waals surface area contributed by atoms with Gasteiger partial charge in [0.2, 0.25) is 0 Å². The molecule has 2 N–H and O–H groups in total. The van der Waals surface area contributed by atoms with Crippen LogP contribution in [0.2, 0.25) is 0 Å². The summed E-state index contributed by atoms with van der Waals surface area (Å²) >= 11 is 0. The van der Waals surface area contributed by atoms with Crippen LogP contribution in [0.25, 0.3) is 0 Å². The molecule has 6 nitrogen and oxygen atoms in total. The molecule has 1 aromatic heterocycles. The zero-order valence-corrected chi connectivity index (χ0v) is 11.3. The van der Waals surface area contributed by atoms with E-state index in [1.807, 2.05) is 6.07 Å². The first kappa shape index (κ1) is 14.9. The topological polar surface area (TPSA) is 82.5 Å². The van der Waals surface area contributed by atoms with Crippen molar-refractivity contribution >= 4 is 12.0 Å². The summed E-state index contributed by atoms with van der Waals surface area (Å²) in [6.45, 7) is 3.88. The third kappa shape index (κ3) is 4.57. The molecular weight excluding hydrogens is 246 g/mol. The highest BCUT2D eigenvalue weighted by molar-refractivity contribution is 5.82. The van der Waals surface area contributed by atoms with Crippen molar-refractivity contribution < 1.29 is 14.7 Å². The maximum atomic E-state index is 11.9. The lowest BCUT2D eigenvalue weighted by molar-refractivity contribution is -0.140. The number of carboxylic acids is 1. The van der Waals surface area contributed by atoms with Gasteiger partial charge in [-0.15, -0.1) is 0 Å². The molecule has 6 heteroatoms. The average Bonchev–Trinajstić information content (AvgIpc) is 2.35. The van der Waals surface area contributed by atoms with Crippen LogP contribution in [-0.4, -0.2) is 40.1 Å². The van der Waals surface area contributed by atoms with E-state index in [4.69, 9.17) is 5.11 Å². The molecule has 104 valence electrons. The summed E-state index contributed by atoms with van der Waals surface area (Å²) in [5, 5.41) is 11.5. The highest BCUT2D eigenvalue weighted by Gasteiger charge is 2.24. The minimum atomic E-state index is -1.03. The number of urea groups is 1. The molecule has 0 spiro atoms. The number of aliphatic carboxylic acids is 1. The predicted molar refractivity (Wildman–Crippen MR) is 70.5 cm³/mol. The van der Waals surface area contributed by atoms with Crippen molar-refractivity contribution in [2.24, 2.45) is 5.92 Å². The maximum Gasteiger partial charge on any atom is 0.326 e. The lowest BCUT2D eigenvalue weighted by atomic mass is 10.1. The fraction of sp³-hybridized carbons (Fsp3) is 0.462. The van der Waals surface area contributed by atoms with Crippen LogP contribution in [0.3, 0.4) is 0 Å². The summed E-state index contributed by atoms with van der Waals surface area (Å²) in [7, 11) is 1.61. The molecule has 0 bridgehead atoms. The Labute approximate surface area is 112 Å². The van der Waals surface area contributed by atoms with Crippen molar-refractivity contribution in [3.8, 4) is 0 Å². The Balaban J connectivity index is 2.60. The summed E-state index contributed by atoms with van der Waals surface area (Å²) in [6, 6.07) is 2.34. The minimum absolute atomic E-state index is 0.173. The second-order valence-corrected chi connectivity index (χ2v) is 4.73. The fourth-order valence-electron chi connectivity index (χ4n) is 1.59. The van der Waals surface area contributed by atoms with Gasteiger partial charge < -0.3 is 15.3 Å². The molecule has 0 aromatic carbocycles. The van der Waals surface area contributed by atoms with E-state index in [0.29, 0.717) is 6.54 Å². The summed E-state index contributed by atoms with van der Waals surface area (Å²) in [6.07, 6.45) is 3.32. The molecule has 19 heavy (non-hydrogen) atoms. The quantitative estimate of drug-likeness (QED) is 0.841. The molecule has 0 saturated carbocycles. The van der Waals surface area contributed by atoms with Crippen molar-refractivity contribution in [1.82, 2.24) is 15.2 Å². The minimum Gasteiger partial charge on any atom is -0.480 e. The van der Waals surface area contributed by atoms with E-state index in [0.717, 1.165) is 5.56 Å². The monoisotopic (exact) mass is 265 g/mol. The number of hydrogen-bond donors (Lipinski definition) is 2. The molecule has 0 radical (unpaired) electrons. The second kappa shape index (κ2) is 6.72. The molecule has 0 aliphatic heterocycles. The van der Waals surface area contributed by atoms with Crippen LogP contribution >= 0.6 is 0 Å². The Bertz CT molecular complexity index is 434. The molecule has 1 atom stereocenters. The zero-order chi connectivity index (χ0) is 14.4. The number of carbonyl (C=O) groups is 2. The SMILES string of the molecule is CC(C)C(NC(=O)N(C)Cc1cccnc1)C(=O)O. The second-order valence-electron chi connectivity index (χ2n) is 4.73. The number of pyridine rings is 1. The van der Waals surface area contributed by atoms with Gasteiger partial charge in [-0.3, -0.25) is 4.98 Å². The van der Waals surface area contributed by atoms with Crippen molar-refractivity contribution in [1.29, 1.82) is 0 Å². The van der Waals surface area contributed by atoms with E-state index in [2.05, 4.69) is 10.3 Å².